The largest absolute Gasteiger partial charge is 0.465 e. The Kier molecular flexibility index (Phi) is 5.30. The Morgan fingerprint density at radius 1 is 1.08 bits per heavy atom. The molecule has 3 fully saturated rings. The van der Waals surface area contributed by atoms with Crippen molar-refractivity contribution in [2.24, 2.45) is 4.99 Å². The van der Waals surface area contributed by atoms with Crippen LogP contribution in [0.1, 0.15) is 70.0 Å². The lowest BCUT2D eigenvalue weighted by Gasteiger charge is -2.31. The van der Waals surface area contributed by atoms with Crippen molar-refractivity contribution >= 4 is 28.9 Å². The van der Waals surface area contributed by atoms with E-state index in [4.69, 9.17) is 9.41 Å². The van der Waals surface area contributed by atoms with Gasteiger partial charge in [-0.3, -0.25) is 14.7 Å². The molecule has 0 unspecified atom stereocenters. The highest BCUT2D eigenvalue weighted by molar-refractivity contribution is 8.18. The molecule has 3 aliphatic rings. The summed E-state index contributed by atoms with van der Waals surface area (Å²) >= 11 is 1.54. The predicted molar refractivity (Wildman–Crippen MR) is 102 cm³/mol. The molecule has 2 aliphatic carbocycles. The number of aliphatic imine (C=N–C) groups is 1. The Morgan fingerprint density at radius 2 is 1.80 bits per heavy atom. The minimum Gasteiger partial charge on any atom is -0.465 e. The quantitative estimate of drug-likeness (QED) is 0.696. The van der Waals surface area contributed by atoms with E-state index in [1.165, 1.54) is 50.3 Å². The highest BCUT2D eigenvalue weighted by Gasteiger charge is 2.39. The van der Waals surface area contributed by atoms with Crippen LogP contribution in [0.25, 0.3) is 6.08 Å². The number of hydrogen-bond donors (Lipinski definition) is 0. The van der Waals surface area contributed by atoms with Gasteiger partial charge in [0.15, 0.2) is 5.17 Å². The van der Waals surface area contributed by atoms with E-state index in [0.717, 1.165) is 41.5 Å². The van der Waals surface area contributed by atoms with E-state index in [0.29, 0.717) is 12.1 Å². The molecule has 25 heavy (non-hydrogen) atoms. The van der Waals surface area contributed by atoms with Crippen LogP contribution in [0.2, 0.25) is 0 Å². The fraction of sp³-hybridized carbons (Fsp3) is 0.600. The van der Waals surface area contributed by atoms with Crippen molar-refractivity contribution in [1.29, 1.82) is 0 Å². The van der Waals surface area contributed by atoms with Crippen molar-refractivity contribution < 1.29 is 9.21 Å². The first kappa shape index (κ1) is 17.0. The number of amidine groups is 1. The number of nitrogens with zero attached hydrogens (tertiary/aromatic N) is 2. The van der Waals surface area contributed by atoms with Crippen LogP contribution in [0.15, 0.2) is 32.7 Å². The van der Waals surface area contributed by atoms with Gasteiger partial charge in [-0.05, 0) is 49.6 Å². The standard InChI is InChI=1S/C20H26N2O2S/c23-19-18(14-17-12-7-13-24-17)25-20(21-15-8-3-1-4-9-15)22(19)16-10-5-2-6-11-16/h7,12-16H,1-6,8-11H2. The maximum absolute atomic E-state index is 13.1. The summed E-state index contributed by atoms with van der Waals surface area (Å²) < 4.78 is 5.41. The summed E-state index contributed by atoms with van der Waals surface area (Å²) in [6.45, 7) is 0. The van der Waals surface area contributed by atoms with Crippen LogP contribution in [0.5, 0.6) is 0 Å². The lowest BCUT2D eigenvalue weighted by atomic mass is 9.94. The maximum Gasteiger partial charge on any atom is 0.267 e. The first-order valence-electron chi connectivity index (χ1n) is 9.66. The highest BCUT2D eigenvalue weighted by Crippen LogP contribution is 2.38. The van der Waals surface area contributed by atoms with Gasteiger partial charge in [0.2, 0.25) is 0 Å². The van der Waals surface area contributed by atoms with Gasteiger partial charge < -0.3 is 4.42 Å². The van der Waals surface area contributed by atoms with Gasteiger partial charge >= 0.3 is 0 Å². The Bertz CT molecular complexity index is 653. The molecule has 1 aromatic heterocycles. The summed E-state index contributed by atoms with van der Waals surface area (Å²) in [6.07, 6.45) is 15.6. The first-order valence-corrected chi connectivity index (χ1v) is 10.5. The molecule has 4 nitrogen and oxygen atoms in total. The Hall–Kier alpha value is -1.49. The predicted octanol–water partition coefficient (Wildman–Crippen LogP) is 5.22. The van der Waals surface area contributed by atoms with Crippen molar-refractivity contribution in [3.05, 3.63) is 29.1 Å². The Morgan fingerprint density at radius 3 is 2.48 bits per heavy atom. The van der Waals surface area contributed by atoms with Crippen molar-refractivity contribution in [3.8, 4) is 0 Å². The number of carbonyl (C=O) groups excluding carboxylic acids is 1. The van der Waals surface area contributed by atoms with Crippen LogP contribution < -0.4 is 0 Å². The molecule has 0 spiro atoms. The van der Waals surface area contributed by atoms with Crippen LogP contribution in [0.3, 0.4) is 0 Å². The highest BCUT2D eigenvalue weighted by atomic mass is 32.2. The lowest BCUT2D eigenvalue weighted by molar-refractivity contribution is -0.124. The minimum atomic E-state index is 0.114. The number of thioether (sulfide) groups is 1. The molecule has 4 rings (SSSR count). The molecular formula is C20H26N2O2S. The zero-order valence-corrected chi connectivity index (χ0v) is 15.5. The van der Waals surface area contributed by atoms with Gasteiger partial charge in [0.05, 0.1) is 17.2 Å². The second kappa shape index (κ2) is 7.81. The van der Waals surface area contributed by atoms with E-state index in [2.05, 4.69) is 0 Å². The van der Waals surface area contributed by atoms with Crippen molar-refractivity contribution in [2.45, 2.75) is 76.3 Å². The van der Waals surface area contributed by atoms with E-state index >= 15 is 0 Å². The molecular weight excluding hydrogens is 332 g/mol. The zero-order valence-electron chi connectivity index (χ0n) is 14.7. The molecule has 1 amide bonds. The Labute approximate surface area is 153 Å². The topological polar surface area (TPSA) is 45.8 Å². The van der Waals surface area contributed by atoms with Gasteiger partial charge in [0.25, 0.3) is 5.91 Å². The van der Waals surface area contributed by atoms with Gasteiger partial charge in [0, 0.05) is 12.1 Å². The second-order valence-corrected chi connectivity index (χ2v) is 8.31. The fourth-order valence-corrected chi connectivity index (χ4v) is 5.20. The van der Waals surface area contributed by atoms with Crippen LogP contribution >= 0.6 is 11.8 Å². The van der Waals surface area contributed by atoms with Gasteiger partial charge in [-0.2, -0.15) is 0 Å². The average Bonchev–Trinajstić information content (AvgIpc) is 3.26. The number of hydrogen-bond acceptors (Lipinski definition) is 4. The van der Waals surface area contributed by atoms with Gasteiger partial charge in [-0.1, -0.05) is 38.5 Å². The molecule has 0 aromatic carbocycles. The lowest BCUT2D eigenvalue weighted by Crippen LogP contribution is -2.41. The maximum atomic E-state index is 13.1. The number of amides is 1. The van der Waals surface area contributed by atoms with Crippen LogP contribution in [-0.4, -0.2) is 28.1 Å². The smallest absolute Gasteiger partial charge is 0.267 e. The van der Waals surface area contributed by atoms with E-state index < -0.39 is 0 Å². The number of carbonyl (C=O) groups is 1. The van der Waals surface area contributed by atoms with E-state index in [1.54, 1.807) is 6.26 Å². The van der Waals surface area contributed by atoms with E-state index in [1.807, 2.05) is 23.1 Å². The molecule has 0 N–H and O–H groups in total. The molecule has 0 radical (unpaired) electrons. The minimum absolute atomic E-state index is 0.114. The summed E-state index contributed by atoms with van der Waals surface area (Å²) in [4.78, 5) is 20.9. The van der Waals surface area contributed by atoms with E-state index in [9.17, 15) is 4.79 Å². The van der Waals surface area contributed by atoms with Crippen molar-refractivity contribution in [3.63, 3.8) is 0 Å². The molecule has 1 saturated heterocycles. The summed E-state index contributed by atoms with van der Waals surface area (Å²) in [6, 6.07) is 4.45. The number of rotatable bonds is 3. The van der Waals surface area contributed by atoms with Crippen molar-refractivity contribution in [2.75, 3.05) is 0 Å². The first-order chi connectivity index (χ1) is 12.3. The van der Waals surface area contributed by atoms with Crippen LogP contribution in [0, 0.1) is 0 Å². The molecule has 0 bridgehead atoms. The normalized spacial score (nSPS) is 26.9. The Balaban J connectivity index is 1.61. The molecule has 5 heteroatoms. The second-order valence-electron chi connectivity index (χ2n) is 7.30. The summed E-state index contributed by atoms with van der Waals surface area (Å²) in [5.41, 5.74) is 0. The monoisotopic (exact) mass is 358 g/mol. The molecule has 2 saturated carbocycles. The van der Waals surface area contributed by atoms with Crippen LogP contribution in [0.4, 0.5) is 0 Å². The summed E-state index contributed by atoms with van der Waals surface area (Å²) in [5, 5.41) is 0.932. The number of furan rings is 1. The third kappa shape index (κ3) is 3.86. The third-order valence-corrected chi connectivity index (χ3v) is 6.46. The zero-order chi connectivity index (χ0) is 17.1. The summed E-state index contributed by atoms with van der Waals surface area (Å²) in [5.74, 6) is 0.848. The molecule has 1 aromatic rings. The molecule has 1 aliphatic heterocycles. The van der Waals surface area contributed by atoms with Crippen molar-refractivity contribution in [1.82, 2.24) is 4.90 Å². The van der Waals surface area contributed by atoms with E-state index in [-0.39, 0.29) is 5.91 Å². The fourth-order valence-electron chi connectivity index (χ4n) is 4.11. The third-order valence-electron chi connectivity index (χ3n) is 5.46. The average molecular weight is 359 g/mol. The SMILES string of the molecule is O=C1C(=Cc2ccco2)SC(=NC2CCCCC2)N1C1CCCCC1. The van der Waals surface area contributed by atoms with Crippen LogP contribution in [-0.2, 0) is 4.79 Å². The molecule has 2 heterocycles. The molecule has 0 atom stereocenters. The van der Waals surface area contributed by atoms with Gasteiger partial charge in [-0.25, -0.2) is 0 Å². The summed E-state index contributed by atoms with van der Waals surface area (Å²) in [7, 11) is 0. The van der Waals surface area contributed by atoms with Gasteiger partial charge in [0.1, 0.15) is 5.76 Å². The molecule has 134 valence electrons. The van der Waals surface area contributed by atoms with Gasteiger partial charge in [-0.15, -0.1) is 0 Å².